The number of amides is 1. The highest BCUT2D eigenvalue weighted by molar-refractivity contribution is 5.94. The summed E-state index contributed by atoms with van der Waals surface area (Å²) in [6, 6.07) is 7.51. The molecule has 3 unspecified atom stereocenters. The lowest BCUT2D eigenvalue weighted by Gasteiger charge is -2.58. The third-order valence-electron chi connectivity index (χ3n) is 7.06. The van der Waals surface area contributed by atoms with Crippen LogP contribution < -0.4 is 10.1 Å². The molecule has 1 aromatic carbocycles. The van der Waals surface area contributed by atoms with Crippen LogP contribution in [-0.2, 0) is 0 Å². The summed E-state index contributed by atoms with van der Waals surface area (Å²) in [6.07, 6.45) is 7.58. The highest BCUT2D eigenvalue weighted by atomic mass is 16.5. The summed E-state index contributed by atoms with van der Waals surface area (Å²) in [6.45, 7) is 4.94. The Kier molecular flexibility index (Phi) is 5.19. The number of aliphatic hydroxyl groups is 1. The molecule has 148 valence electrons. The quantitative estimate of drug-likeness (QED) is 0.756. The molecular formula is C23H33NO3. The van der Waals surface area contributed by atoms with E-state index in [1.54, 1.807) is 0 Å². The van der Waals surface area contributed by atoms with Crippen LogP contribution in [0.3, 0.4) is 0 Å². The first-order valence-electron chi connectivity index (χ1n) is 10.7. The van der Waals surface area contributed by atoms with Crippen LogP contribution in [0.5, 0.6) is 5.75 Å². The minimum Gasteiger partial charge on any atom is -0.491 e. The van der Waals surface area contributed by atoms with Gasteiger partial charge in [-0.2, -0.15) is 0 Å². The van der Waals surface area contributed by atoms with Crippen LogP contribution >= 0.6 is 0 Å². The first kappa shape index (κ1) is 18.8. The summed E-state index contributed by atoms with van der Waals surface area (Å²) in [7, 11) is 0. The van der Waals surface area contributed by atoms with Crippen molar-refractivity contribution in [2.45, 2.75) is 70.5 Å². The van der Waals surface area contributed by atoms with Crippen LogP contribution in [0.2, 0.25) is 0 Å². The first-order valence-corrected chi connectivity index (χ1v) is 10.7. The maximum atomic E-state index is 12.7. The van der Waals surface area contributed by atoms with Gasteiger partial charge in [0.1, 0.15) is 5.75 Å². The van der Waals surface area contributed by atoms with E-state index in [-0.39, 0.29) is 12.0 Å². The maximum absolute atomic E-state index is 12.7. The van der Waals surface area contributed by atoms with Gasteiger partial charge in [0.15, 0.2) is 0 Å². The number of hydrogen-bond donors (Lipinski definition) is 2. The summed E-state index contributed by atoms with van der Waals surface area (Å²) < 4.78 is 5.92. The van der Waals surface area contributed by atoms with E-state index in [0.29, 0.717) is 29.2 Å². The third kappa shape index (κ3) is 4.01. The van der Waals surface area contributed by atoms with Gasteiger partial charge in [0.2, 0.25) is 0 Å². The van der Waals surface area contributed by atoms with Gasteiger partial charge >= 0.3 is 0 Å². The average molecular weight is 372 g/mol. The summed E-state index contributed by atoms with van der Waals surface area (Å²) in [5.41, 5.74) is 0.261. The Morgan fingerprint density at radius 1 is 1.30 bits per heavy atom. The van der Waals surface area contributed by atoms with Gasteiger partial charge in [-0.3, -0.25) is 4.79 Å². The number of rotatable bonds is 7. The summed E-state index contributed by atoms with van der Waals surface area (Å²) >= 11 is 0. The number of carbonyl (C=O) groups is 1. The van der Waals surface area contributed by atoms with Gasteiger partial charge in [-0.15, -0.1) is 0 Å². The molecule has 0 saturated heterocycles. The highest BCUT2D eigenvalue weighted by Gasteiger charge is 2.54. The van der Waals surface area contributed by atoms with Gasteiger partial charge in [0.05, 0.1) is 11.7 Å². The number of carbonyl (C=O) groups excluding carboxylic acids is 1. The molecule has 4 heteroatoms. The van der Waals surface area contributed by atoms with Gasteiger partial charge in [0.25, 0.3) is 5.91 Å². The Bertz CT molecular complexity index is 672. The molecule has 0 spiro atoms. The van der Waals surface area contributed by atoms with Crippen molar-refractivity contribution < 1.29 is 14.6 Å². The zero-order valence-electron chi connectivity index (χ0n) is 16.6. The molecule has 4 saturated carbocycles. The zero-order chi connectivity index (χ0) is 19.0. The third-order valence-corrected chi connectivity index (χ3v) is 7.06. The first-order chi connectivity index (χ1) is 13.0. The molecule has 4 bridgehead atoms. The molecule has 5 rings (SSSR count). The fraction of sp³-hybridized carbons (Fsp3) is 0.696. The molecule has 0 radical (unpaired) electrons. The smallest absolute Gasteiger partial charge is 0.251 e. The van der Waals surface area contributed by atoms with E-state index >= 15 is 0 Å². The van der Waals surface area contributed by atoms with E-state index in [0.717, 1.165) is 44.4 Å². The van der Waals surface area contributed by atoms with Crippen molar-refractivity contribution in [3.05, 3.63) is 29.8 Å². The fourth-order valence-corrected chi connectivity index (χ4v) is 6.14. The van der Waals surface area contributed by atoms with E-state index < -0.39 is 5.60 Å². The molecule has 0 heterocycles. The van der Waals surface area contributed by atoms with E-state index in [4.69, 9.17) is 4.74 Å². The van der Waals surface area contributed by atoms with Crippen LogP contribution in [0.4, 0.5) is 0 Å². The van der Waals surface area contributed by atoms with Crippen LogP contribution in [0.25, 0.3) is 0 Å². The molecule has 4 fully saturated rings. The molecule has 1 amide bonds. The summed E-state index contributed by atoms with van der Waals surface area (Å²) in [5.74, 6) is 3.13. The van der Waals surface area contributed by atoms with Gasteiger partial charge < -0.3 is 15.2 Å². The van der Waals surface area contributed by atoms with Crippen molar-refractivity contribution in [2.24, 2.45) is 23.7 Å². The molecular weight excluding hydrogens is 338 g/mol. The van der Waals surface area contributed by atoms with Crippen molar-refractivity contribution >= 4 is 5.91 Å². The predicted molar refractivity (Wildman–Crippen MR) is 106 cm³/mol. The van der Waals surface area contributed by atoms with E-state index in [1.807, 2.05) is 24.3 Å². The average Bonchev–Trinajstić information content (AvgIpc) is 2.60. The Morgan fingerprint density at radius 2 is 2.04 bits per heavy atom. The zero-order valence-corrected chi connectivity index (χ0v) is 16.6. The lowest BCUT2D eigenvalue weighted by Crippen LogP contribution is -2.56. The van der Waals surface area contributed by atoms with Gasteiger partial charge in [-0.05, 0) is 87.3 Å². The molecule has 0 aromatic heterocycles. The molecule has 3 atom stereocenters. The van der Waals surface area contributed by atoms with Crippen molar-refractivity contribution in [1.29, 1.82) is 0 Å². The van der Waals surface area contributed by atoms with Crippen molar-refractivity contribution in [3.63, 3.8) is 0 Å². The Labute approximate surface area is 162 Å². The molecule has 4 aliphatic carbocycles. The Hall–Kier alpha value is -1.55. The normalized spacial score (nSPS) is 35.1. The molecule has 4 nitrogen and oxygen atoms in total. The second kappa shape index (κ2) is 7.46. The lowest BCUT2D eigenvalue weighted by molar-refractivity contribution is -0.150. The number of nitrogens with one attached hydrogen (secondary N) is 1. The highest BCUT2D eigenvalue weighted by Crippen LogP contribution is 2.58. The molecule has 27 heavy (non-hydrogen) atoms. The van der Waals surface area contributed by atoms with Crippen molar-refractivity contribution in [2.75, 3.05) is 6.54 Å². The van der Waals surface area contributed by atoms with E-state index in [2.05, 4.69) is 19.2 Å². The van der Waals surface area contributed by atoms with Gasteiger partial charge in [0, 0.05) is 12.1 Å². The standard InChI is InChI=1S/C23H33NO3/c1-3-5-15(2)27-20-7-4-6-17(10-20)22(25)24-14-21-18-8-16-9-19(21)13-23(26,11-16)12-18/h4,6-7,10,15-16,18-19,21,26H,3,5,8-9,11-14H2,1-2H3,(H,24,25). The largest absolute Gasteiger partial charge is 0.491 e. The Balaban J connectivity index is 1.35. The van der Waals surface area contributed by atoms with Crippen LogP contribution in [0.1, 0.15) is 69.2 Å². The monoisotopic (exact) mass is 371 g/mol. The molecule has 1 aromatic rings. The maximum Gasteiger partial charge on any atom is 0.251 e. The molecule has 2 N–H and O–H groups in total. The van der Waals surface area contributed by atoms with Crippen molar-refractivity contribution in [3.8, 4) is 5.75 Å². The van der Waals surface area contributed by atoms with Crippen molar-refractivity contribution in [1.82, 2.24) is 5.32 Å². The van der Waals surface area contributed by atoms with E-state index in [1.165, 1.54) is 12.8 Å². The predicted octanol–water partition coefficient (Wildman–Crippen LogP) is 4.17. The second-order valence-corrected chi connectivity index (χ2v) is 9.31. The minimum atomic E-state index is -0.405. The summed E-state index contributed by atoms with van der Waals surface area (Å²) in [5, 5.41) is 13.9. The Morgan fingerprint density at radius 3 is 2.70 bits per heavy atom. The summed E-state index contributed by atoms with van der Waals surface area (Å²) in [4.78, 5) is 12.7. The SMILES string of the molecule is CCCC(C)Oc1cccc(C(=O)NCC2C3CC4CC2CC(O)(C4)C3)c1. The molecule has 0 aliphatic heterocycles. The minimum absolute atomic E-state index is 0.0175. The van der Waals surface area contributed by atoms with E-state index in [9.17, 15) is 9.90 Å². The van der Waals surface area contributed by atoms with Crippen LogP contribution in [0.15, 0.2) is 24.3 Å². The topological polar surface area (TPSA) is 58.6 Å². The van der Waals surface area contributed by atoms with Crippen LogP contribution in [-0.4, -0.2) is 29.3 Å². The van der Waals surface area contributed by atoms with Crippen LogP contribution in [0, 0.1) is 23.7 Å². The molecule has 4 aliphatic rings. The fourth-order valence-electron chi connectivity index (χ4n) is 6.14. The van der Waals surface area contributed by atoms with Gasteiger partial charge in [-0.1, -0.05) is 19.4 Å². The van der Waals surface area contributed by atoms with Gasteiger partial charge in [-0.25, -0.2) is 0 Å². The second-order valence-electron chi connectivity index (χ2n) is 9.31. The lowest BCUT2D eigenvalue weighted by atomic mass is 9.50. The number of hydrogen-bond acceptors (Lipinski definition) is 3. The number of benzene rings is 1. The number of ether oxygens (including phenoxy) is 1.